The summed E-state index contributed by atoms with van der Waals surface area (Å²) in [5.41, 5.74) is 0. The lowest BCUT2D eigenvalue weighted by Crippen LogP contribution is -2.30. The SMILES string of the molecule is CCCCCCCCCCCCCCCCCCCCCCC(=O)OC[C@H](COP(=O)(O)OC[C@@H](O)COP(=O)(O)OC[C@@H](COC(=O)CCCCCCCCC(C)C)OC(=O)CCCCCCCCCCCCCCCCCC)OC(=O)CCCCCCCCCCCCCCCCCCCCC(C)CC. The number of aliphatic hydroxyl groups is 1. The molecule has 3 N–H and O–H groups in total. The van der Waals surface area contributed by atoms with Crippen molar-refractivity contribution in [1.82, 2.24) is 0 Å². The van der Waals surface area contributed by atoms with E-state index in [0.29, 0.717) is 31.6 Å². The number of ether oxygens (including phenoxy) is 4. The van der Waals surface area contributed by atoms with Gasteiger partial charge in [0.1, 0.15) is 19.3 Å². The van der Waals surface area contributed by atoms with Crippen LogP contribution in [-0.4, -0.2) is 96.7 Å². The summed E-state index contributed by atoms with van der Waals surface area (Å²) >= 11 is 0. The van der Waals surface area contributed by atoms with Gasteiger partial charge in [0, 0.05) is 25.7 Å². The summed E-state index contributed by atoms with van der Waals surface area (Å²) in [7, 11) is -9.93. The van der Waals surface area contributed by atoms with E-state index < -0.39 is 97.5 Å². The quantitative estimate of drug-likeness (QED) is 0.0222. The van der Waals surface area contributed by atoms with Crippen LogP contribution in [0.1, 0.15) is 472 Å². The standard InChI is InChI=1S/C88H172O17P2/c1-7-10-12-14-16-18-20-22-24-26-27-28-32-36-39-43-47-51-58-64-70-85(90)98-76-83(104-87(92)72-67-61-53-49-45-41-37-33-30-29-31-34-38-42-46-50-57-63-69-81(6)9-3)78-102-106(94,95)100-74-82(89)75-101-107(96,97)103-79-84(77-99-86(91)71-65-59-55-54-56-62-68-80(4)5)105-88(93)73-66-60-52-48-44-40-35-25-23-21-19-17-15-13-11-8-2/h80-84,89H,7-79H2,1-6H3,(H,94,95)(H,96,97)/t81?,82-,83-,84-/m1/s1. The van der Waals surface area contributed by atoms with E-state index >= 15 is 0 Å². The Morgan fingerprint density at radius 1 is 0.271 bits per heavy atom. The second-order valence-electron chi connectivity index (χ2n) is 32.4. The second-order valence-corrected chi connectivity index (χ2v) is 35.3. The Labute approximate surface area is 658 Å². The lowest BCUT2D eigenvalue weighted by Gasteiger charge is -2.21. The summed E-state index contributed by atoms with van der Waals surface area (Å²) < 4.78 is 68.9. The number of unbranched alkanes of at least 4 members (excludes halogenated alkanes) is 56. The third-order valence-electron chi connectivity index (χ3n) is 21.1. The van der Waals surface area contributed by atoms with Gasteiger partial charge in [-0.05, 0) is 37.5 Å². The van der Waals surface area contributed by atoms with Crippen molar-refractivity contribution in [2.45, 2.75) is 490 Å². The zero-order valence-corrected chi connectivity index (χ0v) is 72.2. The first-order valence-electron chi connectivity index (χ1n) is 45.5. The highest BCUT2D eigenvalue weighted by Gasteiger charge is 2.31. The van der Waals surface area contributed by atoms with Crippen molar-refractivity contribution in [3.8, 4) is 0 Å². The van der Waals surface area contributed by atoms with Crippen molar-refractivity contribution in [2.75, 3.05) is 39.6 Å². The Morgan fingerprint density at radius 3 is 0.710 bits per heavy atom. The molecule has 0 aromatic rings. The minimum absolute atomic E-state index is 0.108. The van der Waals surface area contributed by atoms with Gasteiger partial charge in [-0.3, -0.25) is 37.3 Å². The van der Waals surface area contributed by atoms with Gasteiger partial charge in [0.2, 0.25) is 0 Å². The number of carbonyl (C=O) groups is 4. The highest BCUT2D eigenvalue weighted by molar-refractivity contribution is 7.47. The van der Waals surface area contributed by atoms with Crippen molar-refractivity contribution in [3.05, 3.63) is 0 Å². The predicted molar refractivity (Wildman–Crippen MR) is 442 cm³/mol. The van der Waals surface area contributed by atoms with Crippen LogP contribution in [0, 0.1) is 11.8 Å². The first-order valence-corrected chi connectivity index (χ1v) is 48.5. The Hall–Kier alpha value is -1.94. The van der Waals surface area contributed by atoms with Gasteiger partial charge in [-0.25, -0.2) is 9.13 Å². The minimum Gasteiger partial charge on any atom is -0.462 e. The first-order chi connectivity index (χ1) is 51.9. The Balaban J connectivity index is 5.20. The van der Waals surface area contributed by atoms with E-state index in [1.807, 2.05) is 0 Å². The van der Waals surface area contributed by atoms with Crippen molar-refractivity contribution in [1.29, 1.82) is 0 Å². The predicted octanol–water partition coefficient (Wildman–Crippen LogP) is 27.0. The van der Waals surface area contributed by atoms with E-state index in [1.165, 1.54) is 283 Å². The molecule has 6 atom stereocenters. The molecule has 0 aliphatic rings. The van der Waals surface area contributed by atoms with Gasteiger partial charge in [-0.1, -0.05) is 420 Å². The maximum atomic E-state index is 13.2. The number of carbonyl (C=O) groups excluding carboxylic acids is 4. The molecule has 0 aromatic carbocycles. The van der Waals surface area contributed by atoms with Gasteiger partial charge in [0.05, 0.1) is 26.4 Å². The zero-order chi connectivity index (χ0) is 78.5. The van der Waals surface area contributed by atoms with Crippen LogP contribution in [0.4, 0.5) is 0 Å². The first kappa shape index (κ1) is 105. The van der Waals surface area contributed by atoms with Gasteiger partial charge in [-0.2, -0.15) is 0 Å². The lowest BCUT2D eigenvalue weighted by atomic mass is 9.99. The fourth-order valence-corrected chi connectivity index (χ4v) is 15.3. The third-order valence-corrected chi connectivity index (χ3v) is 23.0. The van der Waals surface area contributed by atoms with Crippen molar-refractivity contribution in [3.63, 3.8) is 0 Å². The fraction of sp³-hybridized carbons (Fsp3) is 0.955. The molecule has 0 amide bonds. The molecule has 19 heteroatoms. The smallest absolute Gasteiger partial charge is 0.462 e. The molecule has 0 aliphatic heterocycles. The molecule has 0 saturated carbocycles. The van der Waals surface area contributed by atoms with E-state index in [9.17, 15) is 43.2 Å². The molecule has 0 saturated heterocycles. The molecule has 0 heterocycles. The monoisotopic (exact) mass is 1560 g/mol. The van der Waals surface area contributed by atoms with Gasteiger partial charge in [-0.15, -0.1) is 0 Å². The molecule has 0 aromatic heterocycles. The van der Waals surface area contributed by atoms with Crippen molar-refractivity contribution >= 4 is 39.5 Å². The van der Waals surface area contributed by atoms with Crippen LogP contribution < -0.4 is 0 Å². The average Bonchev–Trinajstić information content (AvgIpc) is 0.903. The van der Waals surface area contributed by atoms with Crippen LogP contribution in [0.3, 0.4) is 0 Å². The van der Waals surface area contributed by atoms with Crippen LogP contribution >= 0.6 is 15.6 Å². The largest absolute Gasteiger partial charge is 0.472 e. The molecular formula is C88H172O17P2. The highest BCUT2D eigenvalue weighted by atomic mass is 31.2. The van der Waals surface area contributed by atoms with E-state index in [4.69, 9.17) is 37.0 Å². The number of phosphoric acid groups is 2. The normalized spacial score (nSPS) is 14.0. The van der Waals surface area contributed by atoms with E-state index in [2.05, 4.69) is 41.5 Å². The number of hydrogen-bond donors (Lipinski definition) is 3. The van der Waals surface area contributed by atoms with Crippen molar-refractivity contribution < 1.29 is 80.2 Å². The molecule has 0 rings (SSSR count). The summed E-state index contributed by atoms with van der Waals surface area (Å²) in [4.78, 5) is 73.2. The molecule has 0 spiro atoms. The summed E-state index contributed by atoms with van der Waals surface area (Å²) in [5.74, 6) is -0.552. The number of hydrogen-bond acceptors (Lipinski definition) is 15. The number of aliphatic hydroxyl groups excluding tert-OH is 1. The number of rotatable bonds is 87. The fourth-order valence-electron chi connectivity index (χ4n) is 13.7. The zero-order valence-electron chi connectivity index (χ0n) is 70.5. The minimum atomic E-state index is -4.97. The van der Waals surface area contributed by atoms with Gasteiger partial charge >= 0.3 is 39.5 Å². The van der Waals surface area contributed by atoms with Crippen LogP contribution in [-0.2, 0) is 65.4 Å². The summed E-state index contributed by atoms with van der Waals surface area (Å²) in [6.45, 7) is 9.67. The molecule has 0 bridgehead atoms. The van der Waals surface area contributed by atoms with Gasteiger partial charge < -0.3 is 33.8 Å². The molecule has 17 nitrogen and oxygen atoms in total. The maximum absolute atomic E-state index is 13.2. The Morgan fingerprint density at radius 2 is 0.477 bits per heavy atom. The number of esters is 4. The summed E-state index contributed by atoms with van der Waals surface area (Å²) in [5, 5.41) is 10.7. The second kappa shape index (κ2) is 79.3. The lowest BCUT2D eigenvalue weighted by molar-refractivity contribution is -0.161. The Kier molecular flexibility index (Phi) is 77.9. The van der Waals surface area contributed by atoms with E-state index in [-0.39, 0.29) is 25.7 Å². The molecule has 0 fully saturated rings. The van der Waals surface area contributed by atoms with Crippen LogP contribution in [0.5, 0.6) is 0 Å². The summed E-state index contributed by atoms with van der Waals surface area (Å²) in [6, 6.07) is 0. The summed E-state index contributed by atoms with van der Waals surface area (Å²) in [6.07, 6.45) is 72.5. The van der Waals surface area contributed by atoms with E-state index in [0.717, 1.165) is 102 Å². The van der Waals surface area contributed by atoms with Gasteiger partial charge in [0.15, 0.2) is 12.2 Å². The Bertz CT molecular complexity index is 2050. The molecule has 0 aliphatic carbocycles. The highest BCUT2D eigenvalue weighted by Crippen LogP contribution is 2.45. The van der Waals surface area contributed by atoms with Crippen LogP contribution in [0.2, 0.25) is 0 Å². The molecule has 3 unspecified atom stereocenters. The third kappa shape index (κ3) is 80.5. The molecule has 107 heavy (non-hydrogen) atoms. The van der Waals surface area contributed by atoms with Crippen LogP contribution in [0.25, 0.3) is 0 Å². The molecule has 636 valence electrons. The topological polar surface area (TPSA) is 237 Å². The maximum Gasteiger partial charge on any atom is 0.472 e. The molecule has 0 radical (unpaired) electrons. The number of phosphoric ester groups is 2. The van der Waals surface area contributed by atoms with Gasteiger partial charge in [0.25, 0.3) is 0 Å². The molecular weight excluding hydrogens is 1390 g/mol. The van der Waals surface area contributed by atoms with Crippen LogP contribution in [0.15, 0.2) is 0 Å². The average molecular weight is 1560 g/mol. The van der Waals surface area contributed by atoms with E-state index in [1.54, 1.807) is 0 Å². The van der Waals surface area contributed by atoms with Crippen molar-refractivity contribution in [2.24, 2.45) is 11.8 Å².